The Balaban J connectivity index is 0.940. The summed E-state index contributed by atoms with van der Waals surface area (Å²) < 4.78 is 2.47. The minimum atomic E-state index is -0.112. The third-order valence-corrected chi connectivity index (χ3v) is 14.9. The fourth-order valence-electron chi connectivity index (χ4n) is 11.7. The molecule has 2 heteroatoms. The van der Waals surface area contributed by atoms with Crippen molar-refractivity contribution in [3.63, 3.8) is 0 Å². The Hall–Kier alpha value is -8.46. The van der Waals surface area contributed by atoms with Crippen LogP contribution in [-0.2, 0) is 5.41 Å². The van der Waals surface area contributed by atoms with Crippen molar-refractivity contribution in [1.29, 1.82) is 0 Å². The summed E-state index contributed by atoms with van der Waals surface area (Å²) in [5, 5.41) is 12.8. The van der Waals surface area contributed by atoms with Crippen LogP contribution in [0.5, 0.6) is 0 Å². The summed E-state index contributed by atoms with van der Waals surface area (Å²) in [4.78, 5) is 2.45. The van der Waals surface area contributed by atoms with Gasteiger partial charge < -0.3 is 9.47 Å². The molecule has 13 aromatic rings. The van der Waals surface area contributed by atoms with Crippen LogP contribution < -0.4 is 4.90 Å². The monoisotopic (exact) mass is 852 g/mol. The third-order valence-electron chi connectivity index (χ3n) is 14.9. The Morgan fingerprint density at radius 1 is 0.343 bits per heavy atom. The van der Waals surface area contributed by atoms with E-state index in [0.717, 1.165) is 22.7 Å². The Morgan fingerprint density at radius 3 is 1.82 bits per heavy atom. The predicted octanol–water partition coefficient (Wildman–Crippen LogP) is 17.9. The van der Waals surface area contributed by atoms with Gasteiger partial charge in [-0.1, -0.05) is 184 Å². The lowest BCUT2D eigenvalue weighted by molar-refractivity contribution is 0.660. The highest BCUT2D eigenvalue weighted by Gasteiger charge is 2.36. The Kier molecular flexibility index (Phi) is 8.06. The van der Waals surface area contributed by atoms with Crippen LogP contribution in [0.25, 0.3) is 104 Å². The standard InChI is InChI=1S/C65H44N2/c1-65(2)57-20-9-8-19-53(57)54-36-34-51(40-58(54)65)66(59-21-11-15-44-14-6-7-18-52(44)59)49-30-26-43(27-31-49)47-29-37-60-56(38-47)64-55-35-28-46-17-10-16-45-22-23-48(63(55)62(45)46)39-61(64)67(60)50-32-24-42(25-33-50)41-12-4-3-5-13-41/h3-40H,1-2H3. The summed E-state index contributed by atoms with van der Waals surface area (Å²) in [7, 11) is 0. The van der Waals surface area contributed by atoms with Crippen LogP contribution in [-0.4, -0.2) is 4.57 Å². The molecule has 1 heterocycles. The van der Waals surface area contributed by atoms with Crippen LogP contribution >= 0.6 is 0 Å². The number of aromatic nitrogens is 1. The van der Waals surface area contributed by atoms with Gasteiger partial charge in [0.1, 0.15) is 0 Å². The first kappa shape index (κ1) is 37.9. The van der Waals surface area contributed by atoms with Gasteiger partial charge in [-0.05, 0) is 143 Å². The van der Waals surface area contributed by atoms with E-state index < -0.39 is 0 Å². The van der Waals surface area contributed by atoms with Crippen LogP contribution in [0.3, 0.4) is 0 Å². The van der Waals surface area contributed by atoms with Crippen LogP contribution in [0.2, 0.25) is 0 Å². The SMILES string of the molecule is CC1(C)c2ccccc2-c2ccc(N(c3ccc(-c4ccc5c(c4)c4c6ccc7cccc8ccc(cc4n5-c4ccc(-c5ccccc5)cc4)c6c87)cc3)c3cccc4ccccc34)cc21. The van der Waals surface area contributed by atoms with Crippen molar-refractivity contribution < 1.29 is 0 Å². The molecule has 0 atom stereocenters. The van der Waals surface area contributed by atoms with E-state index in [2.05, 4.69) is 254 Å². The topological polar surface area (TPSA) is 8.17 Å². The summed E-state index contributed by atoms with van der Waals surface area (Å²) in [6.45, 7) is 4.73. The summed E-state index contributed by atoms with van der Waals surface area (Å²) in [5.74, 6) is 0. The van der Waals surface area contributed by atoms with Gasteiger partial charge in [0.2, 0.25) is 0 Å². The Morgan fingerprint density at radius 2 is 0.970 bits per heavy atom. The van der Waals surface area contributed by atoms with E-state index in [-0.39, 0.29) is 5.41 Å². The van der Waals surface area contributed by atoms with Gasteiger partial charge in [-0.3, -0.25) is 0 Å². The number of hydrogen-bond donors (Lipinski definition) is 0. The molecule has 1 aliphatic rings. The van der Waals surface area contributed by atoms with Crippen molar-refractivity contribution in [3.05, 3.63) is 242 Å². The number of benzene rings is 12. The van der Waals surface area contributed by atoms with E-state index in [9.17, 15) is 0 Å². The normalized spacial score (nSPS) is 13.0. The highest BCUT2D eigenvalue weighted by molar-refractivity contribution is 6.33. The molecule has 1 aliphatic carbocycles. The minimum Gasteiger partial charge on any atom is -0.310 e. The van der Waals surface area contributed by atoms with E-state index in [1.54, 1.807) is 0 Å². The first-order valence-corrected chi connectivity index (χ1v) is 23.4. The van der Waals surface area contributed by atoms with Crippen LogP contribution in [0.4, 0.5) is 17.1 Å². The Labute approximate surface area is 389 Å². The fraction of sp³-hybridized carbons (Fsp3) is 0.0462. The average Bonchev–Trinajstić information content (AvgIpc) is 3.83. The predicted molar refractivity (Wildman–Crippen MR) is 285 cm³/mol. The second-order valence-electron chi connectivity index (χ2n) is 18.9. The average molecular weight is 853 g/mol. The lowest BCUT2D eigenvalue weighted by atomic mass is 9.82. The zero-order chi connectivity index (χ0) is 44.4. The van der Waals surface area contributed by atoms with Crippen molar-refractivity contribution in [2.75, 3.05) is 4.90 Å². The fourth-order valence-corrected chi connectivity index (χ4v) is 11.7. The molecule has 0 saturated heterocycles. The number of fused-ring (bicyclic) bond motifs is 8. The molecule has 1 aromatic heterocycles. The Bertz CT molecular complexity index is 4080. The third kappa shape index (κ3) is 5.63. The van der Waals surface area contributed by atoms with Gasteiger partial charge in [0.05, 0.1) is 16.7 Å². The van der Waals surface area contributed by atoms with Gasteiger partial charge in [0, 0.05) is 38.6 Å². The van der Waals surface area contributed by atoms with Gasteiger partial charge in [0.15, 0.2) is 0 Å². The van der Waals surface area contributed by atoms with Gasteiger partial charge in [-0.25, -0.2) is 0 Å². The number of anilines is 3. The summed E-state index contributed by atoms with van der Waals surface area (Å²) in [5.41, 5.74) is 17.1. The van der Waals surface area contributed by atoms with Crippen molar-refractivity contribution in [3.8, 4) is 39.1 Å². The van der Waals surface area contributed by atoms with Crippen molar-refractivity contribution in [1.82, 2.24) is 4.57 Å². The largest absolute Gasteiger partial charge is 0.310 e. The molecule has 0 unspecified atom stereocenters. The smallest absolute Gasteiger partial charge is 0.0553 e. The minimum absolute atomic E-state index is 0.112. The molecule has 12 aromatic carbocycles. The molecule has 0 saturated carbocycles. The van der Waals surface area contributed by atoms with E-state index in [1.807, 2.05) is 0 Å². The molecule has 0 aliphatic heterocycles. The second kappa shape index (κ2) is 14.3. The van der Waals surface area contributed by atoms with Crippen LogP contribution in [0, 0.1) is 0 Å². The number of rotatable bonds is 6. The highest BCUT2D eigenvalue weighted by Crippen LogP contribution is 2.51. The summed E-state index contributed by atoms with van der Waals surface area (Å²) in [6.07, 6.45) is 0. The van der Waals surface area contributed by atoms with Gasteiger partial charge in [0.25, 0.3) is 0 Å². The summed E-state index contributed by atoms with van der Waals surface area (Å²) in [6, 6.07) is 85.7. The quantitative estimate of drug-likeness (QED) is 0.151. The van der Waals surface area contributed by atoms with E-state index in [4.69, 9.17) is 0 Å². The highest BCUT2D eigenvalue weighted by atomic mass is 15.1. The maximum atomic E-state index is 2.47. The molecule has 0 radical (unpaired) electrons. The van der Waals surface area contributed by atoms with Gasteiger partial charge in [-0.2, -0.15) is 0 Å². The zero-order valence-corrected chi connectivity index (χ0v) is 37.3. The molecule has 314 valence electrons. The number of hydrogen-bond acceptors (Lipinski definition) is 1. The maximum absolute atomic E-state index is 2.47. The van der Waals surface area contributed by atoms with Crippen molar-refractivity contribution in [2.24, 2.45) is 0 Å². The molecule has 0 bridgehead atoms. The van der Waals surface area contributed by atoms with E-state index in [0.29, 0.717) is 0 Å². The van der Waals surface area contributed by atoms with Crippen LogP contribution in [0.1, 0.15) is 25.0 Å². The molecular weight excluding hydrogens is 809 g/mol. The second-order valence-corrected chi connectivity index (χ2v) is 18.9. The molecule has 0 amide bonds. The lowest BCUT2D eigenvalue weighted by Gasteiger charge is -2.29. The summed E-state index contributed by atoms with van der Waals surface area (Å²) >= 11 is 0. The lowest BCUT2D eigenvalue weighted by Crippen LogP contribution is -2.16. The molecule has 2 nitrogen and oxygen atoms in total. The molecule has 14 rings (SSSR count). The molecule has 0 N–H and O–H groups in total. The number of nitrogens with zero attached hydrogens (tertiary/aromatic N) is 2. The molecule has 67 heavy (non-hydrogen) atoms. The van der Waals surface area contributed by atoms with Crippen LogP contribution in [0.15, 0.2) is 231 Å². The first-order chi connectivity index (χ1) is 33.0. The van der Waals surface area contributed by atoms with Crippen molar-refractivity contribution >= 4 is 82.0 Å². The van der Waals surface area contributed by atoms with Crippen molar-refractivity contribution in [2.45, 2.75) is 19.3 Å². The van der Waals surface area contributed by atoms with E-state index in [1.165, 1.54) is 109 Å². The molecule has 0 spiro atoms. The molecule has 0 fully saturated rings. The zero-order valence-electron chi connectivity index (χ0n) is 37.3. The van der Waals surface area contributed by atoms with Gasteiger partial charge >= 0.3 is 0 Å². The first-order valence-electron chi connectivity index (χ1n) is 23.4. The molecular formula is C65H44N2. The van der Waals surface area contributed by atoms with Gasteiger partial charge in [-0.15, -0.1) is 0 Å². The van der Waals surface area contributed by atoms with E-state index >= 15 is 0 Å². The maximum Gasteiger partial charge on any atom is 0.0553 e.